The number of hydrogen-bond acceptors (Lipinski definition) is 9. The molecule has 0 unspecified atom stereocenters. The third kappa shape index (κ3) is 3.98. The first-order valence-electron chi connectivity index (χ1n) is 12.7. The van der Waals surface area contributed by atoms with E-state index in [9.17, 15) is 4.79 Å². The summed E-state index contributed by atoms with van der Waals surface area (Å²) < 4.78 is 19.0. The second-order valence-corrected chi connectivity index (χ2v) is 9.54. The fourth-order valence-electron chi connectivity index (χ4n) is 5.57. The van der Waals surface area contributed by atoms with Gasteiger partial charge in [-0.25, -0.2) is 0 Å². The fraction of sp³-hybridized carbons (Fsp3) is 0.462. The normalized spacial score (nSPS) is 19.6. The minimum atomic E-state index is -0.306. The smallest absolute Gasteiger partial charge is 0.256 e. The van der Waals surface area contributed by atoms with Crippen LogP contribution < -0.4 is 14.2 Å². The van der Waals surface area contributed by atoms with Crippen LogP contribution in [0.25, 0.3) is 5.69 Å². The zero-order valence-corrected chi connectivity index (χ0v) is 21.4. The number of methoxy groups -OCH3 is 1. The minimum absolute atomic E-state index is 0.00819. The van der Waals surface area contributed by atoms with Crippen molar-refractivity contribution in [3.05, 3.63) is 52.8 Å². The van der Waals surface area contributed by atoms with E-state index in [1.165, 1.54) is 0 Å². The SMILES string of the molecule is CCN1CCN(C(=O)c2ccccc2-n2nnnc2[C@@H]2c3c(cc4c(c3OC)OCO4)CCN2C)CC1. The summed E-state index contributed by atoms with van der Waals surface area (Å²) in [6.45, 7) is 7.26. The Balaban J connectivity index is 1.42. The Morgan fingerprint density at radius 3 is 2.73 bits per heavy atom. The maximum atomic E-state index is 13.7. The Morgan fingerprint density at radius 1 is 1.14 bits per heavy atom. The van der Waals surface area contributed by atoms with E-state index in [-0.39, 0.29) is 18.7 Å². The van der Waals surface area contributed by atoms with Gasteiger partial charge >= 0.3 is 0 Å². The summed E-state index contributed by atoms with van der Waals surface area (Å²) in [5, 5.41) is 12.9. The highest BCUT2D eigenvalue weighted by Gasteiger charge is 2.38. The van der Waals surface area contributed by atoms with Crippen molar-refractivity contribution >= 4 is 5.91 Å². The Hall–Kier alpha value is -3.70. The standard InChI is InChI=1S/C26H31N7O4/c1-4-31-11-13-32(14-12-31)26(34)18-7-5-6-8-19(18)33-25(27-28-29-33)22-21-17(9-10-30(22)2)15-20-23(24(21)35-3)37-16-36-20/h5-8,15,22H,4,9-14,16H2,1-3H3/t22-/m0/s1. The lowest BCUT2D eigenvalue weighted by molar-refractivity contribution is 0.0643. The summed E-state index contributed by atoms with van der Waals surface area (Å²) in [5.74, 6) is 2.53. The van der Waals surface area contributed by atoms with E-state index in [4.69, 9.17) is 14.2 Å². The van der Waals surface area contributed by atoms with Crippen molar-refractivity contribution in [1.82, 2.24) is 34.9 Å². The number of nitrogens with zero attached hydrogens (tertiary/aromatic N) is 7. The molecule has 0 aliphatic carbocycles. The first-order chi connectivity index (χ1) is 18.1. The van der Waals surface area contributed by atoms with Crippen molar-refractivity contribution in [1.29, 1.82) is 0 Å². The van der Waals surface area contributed by atoms with E-state index < -0.39 is 0 Å². The Labute approximate surface area is 215 Å². The van der Waals surface area contributed by atoms with Crippen LogP contribution in [0.3, 0.4) is 0 Å². The molecule has 3 aromatic rings. The van der Waals surface area contributed by atoms with Crippen LogP contribution in [0.15, 0.2) is 30.3 Å². The van der Waals surface area contributed by atoms with Gasteiger partial charge in [-0.2, -0.15) is 4.68 Å². The molecule has 1 atom stereocenters. The quantitative estimate of drug-likeness (QED) is 0.514. The van der Waals surface area contributed by atoms with E-state index in [2.05, 4.69) is 32.2 Å². The number of aromatic nitrogens is 4. The lowest BCUT2D eigenvalue weighted by atomic mass is 9.90. The third-order valence-corrected chi connectivity index (χ3v) is 7.60. The number of benzene rings is 2. The molecule has 1 fully saturated rings. The average molecular weight is 506 g/mol. The number of ether oxygens (including phenoxy) is 3. The topological polar surface area (TPSA) is 98.1 Å². The Bertz CT molecular complexity index is 1320. The van der Waals surface area contributed by atoms with Gasteiger partial charge in [0, 0.05) is 38.3 Å². The summed E-state index contributed by atoms with van der Waals surface area (Å²) in [5.41, 5.74) is 3.30. The van der Waals surface area contributed by atoms with Crippen LogP contribution >= 0.6 is 0 Å². The highest BCUT2D eigenvalue weighted by Crippen LogP contribution is 2.50. The predicted molar refractivity (Wildman–Crippen MR) is 134 cm³/mol. The zero-order valence-electron chi connectivity index (χ0n) is 21.4. The number of carbonyl (C=O) groups excluding carboxylic acids is 1. The summed E-state index contributed by atoms with van der Waals surface area (Å²) in [7, 11) is 3.68. The molecular formula is C26H31N7O4. The summed E-state index contributed by atoms with van der Waals surface area (Å²) >= 11 is 0. The second kappa shape index (κ2) is 9.64. The van der Waals surface area contributed by atoms with Crippen LogP contribution in [0.4, 0.5) is 0 Å². The first-order valence-corrected chi connectivity index (χ1v) is 12.7. The van der Waals surface area contributed by atoms with E-state index in [1.807, 2.05) is 42.3 Å². The van der Waals surface area contributed by atoms with Crippen molar-refractivity contribution < 1.29 is 19.0 Å². The van der Waals surface area contributed by atoms with Gasteiger partial charge in [-0.15, -0.1) is 5.10 Å². The lowest BCUT2D eigenvalue weighted by Gasteiger charge is -2.35. The summed E-state index contributed by atoms with van der Waals surface area (Å²) in [4.78, 5) is 20.1. The van der Waals surface area contributed by atoms with Crippen molar-refractivity contribution in [3.63, 3.8) is 0 Å². The Morgan fingerprint density at radius 2 is 1.95 bits per heavy atom. The van der Waals surface area contributed by atoms with Gasteiger partial charge in [-0.3, -0.25) is 9.69 Å². The molecule has 0 radical (unpaired) electrons. The minimum Gasteiger partial charge on any atom is -0.492 e. The highest BCUT2D eigenvalue weighted by molar-refractivity contribution is 5.97. The van der Waals surface area contributed by atoms with Gasteiger partial charge in [0.2, 0.25) is 12.5 Å². The fourth-order valence-corrected chi connectivity index (χ4v) is 5.57. The van der Waals surface area contributed by atoms with Crippen LogP contribution in [0.2, 0.25) is 0 Å². The number of amides is 1. The number of tetrazole rings is 1. The van der Waals surface area contributed by atoms with Crippen LogP contribution in [0.1, 0.15) is 40.3 Å². The van der Waals surface area contributed by atoms with Gasteiger partial charge in [0.05, 0.1) is 18.4 Å². The van der Waals surface area contributed by atoms with E-state index in [1.54, 1.807) is 11.8 Å². The molecule has 3 aliphatic heterocycles. The van der Waals surface area contributed by atoms with Crippen LogP contribution in [-0.4, -0.2) is 101 Å². The number of piperazine rings is 1. The van der Waals surface area contributed by atoms with Gasteiger partial charge in [-0.05, 0) is 54.2 Å². The predicted octanol–water partition coefficient (Wildman–Crippen LogP) is 1.75. The molecule has 1 saturated heterocycles. The molecule has 0 spiro atoms. The average Bonchev–Trinajstić information content (AvgIpc) is 3.61. The molecule has 0 N–H and O–H groups in total. The van der Waals surface area contributed by atoms with E-state index >= 15 is 0 Å². The molecule has 11 nitrogen and oxygen atoms in total. The van der Waals surface area contributed by atoms with Crippen LogP contribution in [-0.2, 0) is 6.42 Å². The molecule has 11 heteroatoms. The zero-order chi connectivity index (χ0) is 25.5. The number of hydrogen-bond donors (Lipinski definition) is 0. The summed E-state index contributed by atoms with van der Waals surface area (Å²) in [6.07, 6.45) is 0.829. The van der Waals surface area contributed by atoms with Crippen LogP contribution in [0.5, 0.6) is 17.2 Å². The van der Waals surface area contributed by atoms with Crippen LogP contribution in [0, 0.1) is 0 Å². The molecule has 4 heterocycles. The molecule has 194 valence electrons. The third-order valence-electron chi connectivity index (χ3n) is 7.60. The van der Waals surface area contributed by atoms with Crippen molar-refractivity contribution in [2.24, 2.45) is 0 Å². The second-order valence-electron chi connectivity index (χ2n) is 9.54. The number of para-hydroxylation sites is 1. The van der Waals surface area contributed by atoms with Gasteiger partial charge in [0.25, 0.3) is 5.91 Å². The van der Waals surface area contributed by atoms with E-state index in [0.29, 0.717) is 47.4 Å². The monoisotopic (exact) mass is 505 g/mol. The molecular weight excluding hydrogens is 474 g/mol. The number of rotatable bonds is 5. The molecule has 37 heavy (non-hydrogen) atoms. The molecule has 0 bridgehead atoms. The van der Waals surface area contributed by atoms with Gasteiger partial charge in [0.1, 0.15) is 6.04 Å². The van der Waals surface area contributed by atoms with Crippen molar-refractivity contribution in [2.45, 2.75) is 19.4 Å². The van der Waals surface area contributed by atoms with E-state index in [0.717, 1.165) is 43.7 Å². The summed E-state index contributed by atoms with van der Waals surface area (Å²) in [6, 6.07) is 9.27. The molecule has 1 amide bonds. The van der Waals surface area contributed by atoms with Crippen molar-refractivity contribution in [2.75, 3.05) is 60.2 Å². The molecule has 1 aromatic heterocycles. The molecule has 2 aromatic carbocycles. The highest BCUT2D eigenvalue weighted by atomic mass is 16.7. The Kier molecular flexibility index (Phi) is 6.17. The maximum absolute atomic E-state index is 13.7. The van der Waals surface area contributed by atoms with Gasteiger partial charge in [-0.1, -0.05) is 19.1 Å². The number of fused-ring (bicyclic) bond motifs is 2. The van der Waals surface area contributed by atoms with Gasteiger partial charge < -0.3 is 24.0 Å². The number of carbonyl (C=O) groups is 1. The largest absolute Gasteiger partial charge is 0.492 e. The molecule has 3 aliphatic rings. The lowest BCUT2D eigenvalue weighted by Crippen LogP contribution is -2.48. The molecule has 0 saturated carbocycles. The van der Waals surface area contributed by atoms with Crippen molar-refractivity contribution in [3.8, 4) is 22.9 Å². The number of likely N-dealkylation sites (N-methyl/N-ethyl adjacent to an activating group) is 2. The molecule has 6 rings (SSSR count). The first kappa shape index (κ1) is 23.7. The van der Waals surface area contributed by atoms with Gasteiger partial charge in [0.15, 0.2) is 17.3 Å². The maximum Gasteiger partial charge on any atom is 0.256 e.